The van der Waals surface area contributed by atoms with E-state index in [0.717, 1.165) is 28.3 Å². The first-order valence-corrected chi connectivity index (χ1v) is 17.5. The van der Waals surface area contributed by atoms with Crippen LogP contribution < -0.4 is 9.62 Å². The number of nitrogens with zero attached hydrogens (tertiary/aromatic N) is 2. The molecule has 1 unspecified atom stereocenters. The van der Waals surface area contributed by atoms with Gasteiger partial charge in [0.1, 0.15) is 12.6 Å². The highest BCUT2D eigenvalue weighted by Crippen LogP contribution is 2.28. The zero-order valence-electron chi connectivity index (χ0n) is 25.6. The summed E-state index contributed by atoms with van der Waals surface area (Å²) in [5.74, 6) is -0.912. The highest BCUT2D eigenvalue weighted by atomic mass is 35.5. The lowest BCUT2D eigenvalue weighted by atomic mass is 10.0. The van der Waals surface area contributed by atoms with Crippen LogP contribution in [0.2, 0.25) is 15.1 Å². The molecule has 0 fully saturated rings. The van der Waals surface area contributed by atoms with E-state index in [2.05, 4.69) is 5.32 Å². The second kappa shape index (κ2) is 16.3. The Labute approximate surface area is 286 Å². The van der Waals surface area contributed by atoms with E-state index in [9.17, 15) is 18.0 Å². The standard InChI is InChI=1S/C35H36Cl3N3O4S/c1-3-4-19-39-35(43)33(22-26-10-6-5-7-11-26)40(23-27-13-18-31(37)32(38)21-27)34(42)24-41(29-12-8-9-25(2)20-29)46(44,45)30-16-14-28(36)15-17-30/h5-18,20-21,33H,3-4,19,22-24H2,1-2H3,(H,39,43). The number of hydrogen-bond acceptors (Lipinski definition) is 4. The van der Waals surface area contributed by atoms with Gasteiger partial charge in [0, 0.05) is 24.5 Å². The molecule has 11 heteroatoms. The second-order valence-electron chi connectivity index (χ2n) is 10.9. The van der Waals surface area contributed by atoms with Gasteiger partial charge in [0.2, 0.25) is 11.8 Å². The molecule has 0 saturated heterocycles. The maximum Gasteiger partial charge on any atom is 0.264 e. The highest BCUT2D eigenvalue weighted by molar-refractivity contribution is 7.92. The highest BCUT2D eigenvalue weighted by Gasteiger charge is 2.34. The zero-order chi connectivity index (χ0) is 33.3. The molecule has 7 nitrogen and oxygen atoms in total. The number of anilines is 1. The monoisotopic (exact) mass is 699 g/mol. The zero-order valence-corrected chi connectivity index (χ0v) is 28.7. The van der Waals surface area contributed by atoms with Crippen molar-refractivity contribution >= 4 is 62.3 Å². The normalized spacial score (nSPS) is 11.9. The average Bonchev–Trinajstić information content (AvgIpc) is 3.03. The van der Waals surface area contributed by atoms with E-state index in [1.165, 1.54) is 29.2 Å². The van der Waals surface area contributed by atoms with Crippen molar-refractivity contribution < 1.29 is 18.0 Å². The van der Waals surface area contributed by atoms with Gasteiger partial charge in [-0.25, -0.2) is 8.42 Å². The van der Waals surface area contributed by atoms with Gasteiger partial charge >= 0.3 is 0 Å². The first-order chi connectivity index (χ1) is 22.0. The number of nitrogens with one attached hydrogen (secondary N) is 1. The van der Waals surface area contributed by atoms with Crippen LogP contribution in [0, 0.1) is 6.92 Å². The van der Waals surface area contributed by atoms with Crippen LogP contribution >= 0.6 is 34.8 Å². The topological polar surface area (TPSA) is 86.8 Å². The van der Waals surface area contributed by atoms with Crippen LogP contribution in [-0.2, 0) is 32.6 Å². The molecule has 242 valence electrons. The van der Waals surface area contributed by atoms with Gasteiger partial charge in [-0.3, -0.25) is 13.9 Å². The molecular weight excluding hydrogens is 665 g/mol. The van der Waals surface area contributed by atoms with E-state index in [1.807, 2.05) is 50.2 Å². The first-order valence-electron chi connectivity index (χ1n) is 14.9. The Balaban J connectivity index is 1.80. The van der Waals surface area contributed by atoms with Crippen molar-refractivity contribution in [3.8, 4) is 0 Å². The van der Waals surface area contributed by atoms with Gasteiger partial charge in [-0.1, -0.05) is 96.7 Å². The van der Waals surface area contributed by atoms with Crippen LogP contribution in [0.15, 0.2) is 102 Å². The number of sulfonamides is 1. The van der Waals surface area contributed by atoms with E-state index in [-0.39, 0.29) is 23.8 Å². The van der Waals surface area contributed by atoms with Crippen molar-refractivity contribution in [3.05, 3.63) is 129 Å². The Morgan fingerprint density at radius 3 is 2.20 bits per heavy atom. The van der Waals surface area contributed by atoms with Gasteiger partial charge < -0.3 is 10.2 Å². The minimum Gasteiger partial charge on any atom is -0.354 e. The predicted molar refractivity (Wildman–Crippen MR) is 186 cm³/mol. The number of benzene rings is 4. The molecule has 0 spiro atoms. The van der Waals surface area contributed by atoms with Crippen molar-refractivity contribution in [2.45, 2.75) is 50.6 Å². The molecule has 46 heavy (non-hydrogen) atoms. The smallest absolute Gasteiger partial charge is 0.264 e. The Morgan fingerprint density at radius 2 is 1.54 bits per heavy atom. The maximum atomic E-state index is 14.5. The number of carbonyl (C=O) groups excluding carboxylic acids is 2. The van der Waals surface area contributed by atoms with Gasteiger partial charge in [0.15, 0.2) is 0 Å². The Bertz CT molecular complexity index is 1750. The quantitative estimate of drug-likeness (QED) is 0.137. The Hall–Kier alpha value is -3.56. The maximum absolute atomic E-state index is 14.5. The van der Waals surface area contributed by atoms with Crippen molar-refractivity contribution in [2.24, 2.45) is 0 Å². The largest absolute Gasteiger partial charge is 0.354 e. The van der Waals surface area contributed by atoms with Crippen LogP contribution in [0.5, 0.6) is 0 Å². The SMILES string of the molecule is CCCCNC(=O)C(Cc1ccccc1)N(Cc1ccc(Cl)c(Cl)c1)C(=O)CN(c1cccc(C)c1)S(=O)(=O)c1ccc(Cl)cc1. The molecule has 0 aliphatic heterocycles. The lowest BCUT2D eigenvalue weighted by molar-refractivity contribution is -0.140. The van der Waals surface area contributed by atoms with E-state index in [4.69, 9.17) is 34.8 Å². The molecule has 4 rings (SSSR count). The van der Waals surface area contributed by atoms with Crippen LogP contribution in [0.3, 0.4) is 0 Å². The summed E-state index contributed by atoms with van der Waals surface area (Å²) in [6.45, 7) is 3.72. The summed E-state index contributed by atoms with van der Waals surface area (Å²) in [5.41, 5.74) is 2.59. The molecule has 4 aromatic rings. The predicted octanol–water partition coefficient (Wildman–Crippen LogP) is 7.71. The van der Waals surface area contributed by atoms with Crippen molar-refractivity contribution in [2.75, 3.05) is 17.4 Å². The Morgan fingerprint density at radius 1 is 0.826 bits per heavy atom. The van der Waals surface area contributed by atoms with Crippen LogP contribution in [0.4, 0.5) is 5.69 Å². The third-order valence-corrected chi connectivity index (χ3v) is 10.2. The summed E-state index contributed by atoms with van der Waals surface area (Å²) in [5, 5.41) is 4.00. The molecule has 0 heterocycles. The van der Waals surface area contributed by atoms with E-state index in [1.54, 1.807) is 36.4 Å². The number of aryl methyl sites for hydroxylation is 1. The van der Waals surface area contributed by atoms with Gasteiger partial charge in [-0.2, -0.15) is 0 Å². The summed E-state index contributed by atoms with van der Waals surface area (Å²) >= 11 is 18.6. The van der Waals surface area contributed by atoms with Crippen LogP contribution in [0.25, 0.3) is 0 Å². The molecule has 0 aromatic heterocycles. The van der Waals surface area contributed by atoms with Gasteiger partial charge in [0.25, 0.3) is 10.0 Å². The molecule has 1 atom stereocenters. The van der Waals surface area contributed by atoms with Crippen molar-refractivity contribution in [3.63, 3.8) is 0 Å². The summed E-state index contributed by atoms with van der Waals surface area (Å²) < 4.78 is 29.3. The minimum atomic E-state index is -4.24. The number of halogens is 3. The van der Waals surface area contributed by atoms with E-state index >= 15 is 0 Å². The molecular formula is C35H36Cl3N3O4S. The molecule has 0 saturated carbocycles. The van der Waals surface area contributed by atoms with Crippen molar-refractivity contribution in [1.29, 1.82) is 0 Å². The summed E-state index contributed by atoms with van der Waals surface area (Å²) in [4.78, 5) is 29.8. The molecule has 4 aromatic carbocycles. The molecule has 1 N–H and O–H groups in total. The van der Waals surface area contributed by atoms with Crippen LogP contribution in [0.1, 0.15) is 36.5 Å². The summed E-state index contributed by atoms with van der Waals surface area (Å²) in [6, 6.07) is 26.1. The average molecular weight is 701 g/mol. The van der Waals surface area contributed by atoms with E-state index in [0.29, 0.717) is 32.9 Å². The van der Waals surface area contributed by atoms with Crippen molar-refractivity contribution in [1.82, 2.24) is 10.2 Å². The third kappa shape index (κ3) is 9.26. The Kier molecular flexibility index (Phi) is 12.5. The number of unbranched alkanes of at least 4 members (excludes halogenated alkanes) is 1. The fourth-order valence-corrected chi connectivity index (χ4v) is 6.79. The molecule has 0 radical (unpaired) electrons. The van der Waals surface area contributed by atoms with Crippen LogP contribution in [-0.4, -0.2) is 44.3 Å². The molecule has 0 aliphatic carbocycles. The lowest BCUT2D eigenvalue weighted by Crippen LogP contribution is -2.53. The lowest BCUT2D eigenvalue weighted by Gasteiger charge is -2.34. The van der Waals surface area contributed by atoms with Gasteiger partial charge in [-0.15, -0.1) is 0 Å². The molecule has 0 bridgehead atoms. The van der Waals surface area contributed by atoms with E-state index < -0.39 is 28.5 Å². The van der Waals surface area contributed by atoms with Gasteiger partial charge in [-0.05, 0) is 78.6 Å². The fourth-order valence-electron chi connectivity index (χ4n) is 4.94. The molecule has 2 amide bonds. The first kappa shape index (κ1) is 35.3. The number of rotatable bonds is 14. The molecule has 0 aliphatic rings. The third-order valence-electron chi connectivity index (χ3n) is 7.41. The summed E-state index contributed by atoms with van der Waals surface area (Å²) in [7, 11) is -4.24. The van der Waals surface area contributed by atoms with Gasteiger partial charge in [0.05, 0.1) is 20.6 Å². The fraction of sp³-hybridized carbons (Fsp3) is 0.257. The number of amides is 2. The summed E-state index contributed by atoms with van der Waals surface area (Å²) in [6.07, 6.45) is 1.86. The number of hydrogen-bond donors (Lipinski definition) is 1. The number of carbonyl (C=O) groups is 2. The minimum absolute atomic E-state index is 0.0168. The second-order valence-corrected chi connectivity index (χ2v) is 14.0.